The van der Waals surface area contributed by atoms with Crippen LogP contribution in [-0.2, 0) is 5.41 Å². The molecule has 0 radical (unpaired) electrons. The topological polar surface area (TPSA) is 0 Å². The van der Waals surface area contributed by atoms with Gasteiger partial charge in [0.05, 0.1) is 32.9 Å². The van der Waals surface area contributed by atoms with Gasteiger partial charge in [0.25, 0.3) is 0 Å². The fraction of sp³-hybridized carbons (Fsp3) is 0.0667. The van der Waals surface area contributed by atoms with Gasteiger partial charge >= 0.3 is 0 Å². The van der Waals surface area contributed by atoms with E-state index < -0.39 is 200 Å². The molecule has 210 valence electrons. The van der Waals surface area contributed by atoms with Crippen LogP contribution in [0, 0.1) is 0 Å². The molecule has 0 spiro atoms. The molecular formula is C45H30. The van der Waals surface area contributed by atoms with Crippen LogP contribution in [0.4, 0.5) is 0 Å². The zero-order valence-corrected chi connectivity index (χ0v) is 23.5. The molecule has 9 aromatic rings. The van der Waals surface area contributed by atoms with E-state index in [0.29, 0.717) is 0 Å². The van der Waals surface area contributed by atoms with E-state index in [2.05, 4.69) is 0 Å². The Hall–Kier alpha value is -5.46. The first-order valence-electron chi connectivity index (χ1n) is 26.0. The number of fused-ring (bicyclic) bond motifs is 3. The summed E-state index contributed by atoms with van der Waals surface area (Å²) >= 11 is 0. The molecule has 0 fully saturated rings. The molecule has 0 unspecified atom stereocenters. The molecule has 9 aromatic carbocycles. The predicted molar refractivity (Wildman–Crippen MR) is 194 cm³/mol. The summed E-state index contributed by atoms with van der Waals surface area (Å²) in [6.07, 6.45) is 0. The van der Waals surface area contributed by atoms with Crippen LogP contribution < -0.4 is 0 Å². The molecule has 10 rings (SSSR count). The van der Waals surface area contributed by atoms with E-state index in [0.717, 1.165) is 0 Å². The molecule has 1 aliphatic rings. The van der Waals surface area contributed by atoms with Crippen molar-refractivity contribution in [2.75, 3.05) is 0 Å². The van der Waals surface area contributed by atoms with Crippen molar-refractivity contribution in [3.8, 4) is 33.4 Å². The molecule has 0 amide bonds. The lowest BCUT2D eigenvalue weighted by Gasteiger charge is -2.35. The predicted octanol–water partition coefficient (Wildman–Crippen LogP) is 12.5. The van der Waals surface area contributed by atoms with Crippen molar-refractivity contribution < 1.29 is 32.9 Å². The standard InChI is InChI=1S/C45H30/c1-45(2)40-18-4-3-11-36(40)38-17-8-16-37-35(25-26-41(45)44(37)38)33-15-7-12-30-31(33)13-6-14-32(30)34-23-21-29-20-19-27-9-5-10-28-22-24-39(34)43(29)42(27)28/h3-26H,1-2H3/i3D,4D,5D,6D,7D,8D,9D,10D,11D,12D,13D,14D,15D,16D,17D,18D,19D,20D,21D,22D,23D,24D,25D,26D. The SMILES string of the molecule is [2H]c1c([2H])c([2H])c2c(c1[2H])-c1c([2H])c([2H])c([2H])c3c(-c4c([2H])c([2H])c([2H])c5c(-c6c([2H])c([2H])c7c([2H])c([2H])c8c([2H])c([2H])c([2H])c9c([2H])c([2H])c6c7c89)c([2H])c([2H])c([2H])c45)c([2H])c([2H])c(c13)C2(C)C. The van der Waals surface area contributed by atoms with E-state index in [1.54, 1.807) is 0 Å². The van der Waals surface area contributed by atoms with Gasteiger partial charge in [-0.2, -0.15) is 0 Å². The lowest BCUT2D eigenvalue weighted by atomic mass is 9.68. The fourth-order valence-electron chi connectivity index (χ4n) is 6.59. The van der Waals surface area contributed by atoms with Crippen molar-refractivity contribution in [2.24, 2.45) is 0 Å². The molecule has 0 bridgehead atoms. The average Bonchev–Trinajstić information content (AvgIpc) is 3.29. The van der Waals surface area contributed by atoms with Crippen LogP contribution in [-0.4, -0.2) is 0 Å². The van der Waals surface area contributed by atoms with Crippen molar-refractivity contribution >= 4 is 53.9 Å². The van der Waals surface area contributed by atoms with Gasteiger partial charge in [-0.3, -0.25) is 0 Å². The maximum absolute atomic E-state index is 9.67. The van der Waals surface area contributed by atoms with Gasteiger partial charge in [0.15, 0.2) is 0 Å². The highest BCUT2D eigenvalue weighted by molar-refractivity contribution is 6.26. The Morgan fingerprint density at radius 3 is 1.56 bits per heavy atom. The highest BCUT2D eigenvalue weighted by Crippen LogP contribution is 2.51. The second kappa shape index (κ2) is 8.80. The lowest BCUT2D eigenvalue weighted by Crippen LogP contribution is -2.23. The molecule has 1 aliphatic carbocycles. The summed E-state index contributed by atoms with van der Waals surface area (Å²) in [5.41, 5.74) is -4.69. The Balaban J connectivity index is 1.49. The van der Waals surface area contributed by atoms with E-state index in [1.807, 2.05) is 0 Å². The minimum atomic E-state index is -1.56. The van der Waals surface area contributed by atoms with Crippen molar-refractivity contribution in [3.05, 3.63) is 156 Å². The van der Waals surface area contributed by atoms with E-state index in [9.17, 15) is 16.4 Å². The van der Waals surface area contributed by atoms with Gasteiger partial charge < -0.3 is 0 Å². The van der Waals surface area contributed by atoms with Gasteiger partial charge in [-0.05, 0) is 98.4 Å². The Kier molecular flexibility index (Phi) is 2.18. The summed E-state index contributed by atoms with van der Waals surface area (Å²) in [6.45, 7) is 3.05. The average molecular weight is 595 g/mol. The highest BCUT2D eigenvalue weighted by atomic mass is 14.4. The van der Waals surface area contributed by atoms with Gasteiger partial charge in [0.2, 0.25) is 0 Å². The third kappa shape index (κ3) is 3.27. The van der Waals surface area contributed by atoms with Crippen LogP contribution in [0.5, 0.6) is 0 Å². The summed E-state index contributed by atoms with van der Waals surface area (Å²) in [5.74, 6) is 0. The van der Waals surface area contributed by atoms with Gasteiger partial charge in [-0.25, -0.2) is 0 Å². The molecule has 0 heteroatoms. The molecule has 0 aromatic heterocycles. The smallest absolute Gasteiger partial charge is 0.0619 e. The number of rotatable bonds is 2. The second-order valence-corrected chi connectivity index (χ2v) is 11.4. The largest absolute Gasteiger partial charge is 0.0630 e. The van der Waals surface area contributed by atoms with E-state index >= 15 is 0 Å². The molecule has 45 heavy (non-hydrogen) atoms. The monoisotopic (exact) mass is 594 g/mol. The maximum Gasteiger partial charge on any atom is 0.0630 e. The Bertz CT molecular complexity index is 4000. The van der Waals surface area contributed by atoms with E-state index in [4.69, 9.17) is 16.4 Å². The van der Waals surface area contributed by atoms with E-state index in [1.165, 1.54) is 13.8 Å². The number of benzene rings is 9. The first-order chi connectivity index (χ1) is 32.1. The minimum absolute atomic E-state index is 0.0560. The third-order valence-electron chi connectivity index (χ3n) is 8.69. The van der Waals surface area contributed by atoms with Gasteiger partial charge in [0, 0.05) is 5.41 Å². The van der Waals surface area contributed by atoms with Gasteiger partial charge in [-0.15, -0.1) is 0 Å². The molecule has 0 N–H and O–H groups in total. The number of hydrogen-bond donors (Lipinski definition) is 0. The van der Waals surface area contributed by atoms with E-state index in [-0.39, 0.29) is 49.2 Å². The zero-order chi connectivity index (χ0) is 50.7. The normalized spacial score (nSPS) is 21.2. The van der Waals surface area contributed by atoms with Crippen molar-refractivity contribution in [2.45, 2.75) is 19.3 Å². The first kappa shape index (κ1) is 11.2. The second-order valence-electron chi connectivity index (χ2n) is 11.4. The minimum Gasteiger partial charge on any atom is -0.0619 e. The molecule has 0 atom stereocenters. The Morgan fingerprint density at radius 2 is 0.822 bits per heavy atom. The van der Waals surface area contributed by atoms with Crippen LogP contribution in [0.1, 0.15) is 57.9 Å². The first-order valence-corrected chi connectivity index (χ1v) is 14.0. The lowest BCUT2D eigenvalue weighted by molar-refractivity contribution is 0.645. The zero-order valence-electron chi connectivity index (χ0n) is 47.5. The third-order valence-corrected chi connectivity index (χ3v) is 8.69. The Labute approximate surface area is 296 Å². The summed E-state index contributed by atoms with van der Waals surface area (Å²) in [4.78, 5) is 0. The van der Waals surface area contributed by atoms with Gasteiger partial charge in [-0.1, -0.05) is 159 Å². The van der Waals surface area contributed by atoms with Crippen LogP contribution >= 0.6 is 0 Å². The van der Waals surface area contributed by atoms with Crippen LogP contribution in [0.3, 0.4) is 0 Å². The summed E-state index contributed by atoms with van der Waals surface area (Å²) in [7, 11) is 0. The summed E-state index contributed by atoms with van der Waals surface area (Å²) < 4.78 is 219. The molecule has 0 heterocycles. The molecule has 0 nitrogen and oxygen atoms in total. The van der Waals surface area contributed by atoms with Crippen LogP contribution in [0.2, 0.25) is 0 Å². The quantitative estimate of drug-likeness (QED) is 0.175. The summed E-state index contributed by atoms with van der Waals surface area (Å²) in [5, 5.41) is -4.01. The fourth-order valence-corrected chi connectivity index (χ4v) is 6.59. The molecule has 0 aliphatic heterocycles. The molecule has 0 saturated carbocycles. The van der Waals surface area contributed by atoms with Crippen molar-refractivity contribution in [1.82, 2.24) is 0 Å². The maximum atomic E-state index is 9.67. The van der Waals surface area contributed by atoms with Crippen molar-refractivity contribution in [1.29, 1.82) is 0 Å². The summed E-state index contributed by atoms with van der Waals surface area (Å²) in [6, 6.07) is -18.2. The van der Waals surface area contributed by atoms with Gasteiger partial charge in [0.1, 0.15) is 0 Å². The van der Waals surface area contributed by atoms with Crippen molar-refractivity contribution in [3.63, 3.8) is 0 Å². The highest BCUT2D eigenvalue weighted by Gasteiger charge is 2.33. The molecular weight excluding hydrogens is 540 g/mol. The van der Waals surface area contributed by atoms with Crippen LogP contribution in [0.25, 0.3) is 87.2 Å². The number of hydrogen-bond acceptors (Lipinski definition) is 0. The molecule has 0 saturated heterocycles. The Morgan fingerprint density at radius 1 is 0.333 bits per heavy atom. The van der Waals surface area contributed by atoms with Crippen LogP contribution in [0.15, 0.2) is 145 Å².